The molecule has 0 aliphatic carbocycles. The van der Waals surface area contributed by atoms with Gasteiger partial charge in [0.2, 0.25) is 5.88 Å². The second-order valence-electron chi connectivity index (χ2n) is 4.03. The average molecular weight is 261 g/mol. The number of ether oxygens (including phenoxy) is 2. The van der Waals surface area contributed by atoms with Crippen molar-refractivity contribution in [3.8, 4) is 5.88 Å². The van der Waals surface area contributed by atoms with Crippen LogP contribution in [0.1, 0.15) is 16.8 Å². The molecule has 2 aromatic rings. The van der Waals surface area contributed by atoms with E-state index in [1.54, 1.807) is 13.2 Å². The van der Waals surface area contributed by atoms with Crippen LogP contribution in [0.4, 0.5) is 0 Å². The number of aromatic nitrogens is 1. The van der Waals surface area contributed by atoms with Gasteiger partial charge in [0.15, 0.2) is 0 Å². The molecule has 0 atom stereocenters. The number of aromatic carboxylic acids is 1. The van der Waals surface area contributed by atoms with Crippen molar-refractivity contribution in [2.45, 2.75) is 6.42 Å². The van der Waals surface area contributed by atoms with Crippen LogP contribution in [0.25, 0.3) is 10.9 Å². The van der Waals surface area contributed by atoms with Gasteiger partial charge in [-0.1, -0.05) is 18.2 Å². The quantitative estimate of drug-likeness (QED) is 0.808. The molecule has 0 fully saturated rings. The number of carbonyl (C=O) groups is 1. The molecule has 0 unspecified atom stereocenters. The molecule has 1 heterocycles. The van der Waals surface area contributed by atoms with Crippen molar-refractivity contribution < 1.29 is 19.4 Å². The molecule has 0 saturated carbocycles. The monoisotopic (exact) mass is 261 g/mol. The Morgan fingerprint density at radius 1 is 1.32 bits per heavy atom. The average Bonchev–Trinajstić information content (AvgIpc) is 2.42. The van der Waals surface area contributed by atoms with Crippen LogP contribution in [0.15, 0.2) is 30.3 Å². The SMILES string of the molecule is COCCCOc1nc2ccccc2cc1C(=O)O. The van der Waals surface area contributed by atoms with Crippen molar-refractivity contribution in [1.29, 1.82) is 0 Å². The minimum atomic E-state index is -1.04. The number of nitrogens with zero attached hydrogens (tertiary/aromatic N) is 1. The lowest BCUT2D eigenvalue weighted by Gasteiger charge is -2.09. The first-order valence-electron chi connectivity index (χ1n) is 5.97. The summed E-state index contributed by atoms with van der Waals surface area (Å²) < 4.78 is 10.3. The number of hydrogen-bond acceptors (Lipinski definition) is 4. The van der Waals surface area contributed by atoms with Crippen LogP contribution in [-0.2, 0) is 4.74 Å². The van der Waals surface area contributed by atoms with Crippen LogP contribution in [0.2, 0.25) is 0 Å². The number of carboxylic acid groups (broad SMARTS) is 1. The minimum Gasteiger partial charge on any atom is -0.477 e. The Morgan fingerprint density at radius 2 is 2.11 bits per heavy atom. The van der Waals surface area contributed by atoms with Gasteiger partial charge in [0.05, 0.1) is 12.1 Å². The summed E-state index contributed by atoms with van der Waals surface area (Å²) in [5.41, 5.74) is 0.797. The number of pyridine rings is 1. The molecule has 0 aliphatic heterocycles. The molecule has 100 valence electrons. The van der Waals surface area contributed by atoms with E-state index in [1.165, 1.54) is 0 Å². The topological polar surface area (TPSA) is 68.7 Å². The van der Waals surface area contributed by atoms with E-state index in [9.17, 15) is 9.90 Å². The third kappa shape index (κ3) is 3.20. The summed E-state index contributed by atoms with van der Waals surface area (Å²) in [7, 11) is 1.61. The molecule has 1 aromatic carbocycles. The van der Waals surface area contributed by atoms with Crippen LogP contribution >= 0.6 is 0 Å². The highest BCUT2D eigenvalue weighted by Crippen LogP contribution is 2.22. The Labute approximate surface area is 110 Å². The molecule has 1 aromatic heterocycles. The smallest absolute Gasteiger partial charge is 0.341 e. The summed E-state index contributed by atoms with van der Waals surface area (Å²) >= 11 is 0. The van der Waals surface area contributed by atoms with Crippen molar-refractivity contribution in [3.05, 3.63) is 35.9 Å². The van der Waals surface area contributed by atoms with E-state index in [-0.39, 0.29) is 11.4 Å². The minimum absolute atomic E-state index is 0.0797. The van der Waals surface area contributed by atoms with E-state index < -0.39 is 5.97 Å². The highest BCUT2D eigenvalue weighted by molar-refractivity contribution is 5.95. The van der Waals surface area contributed by atoms with Crippen LogP contribution in [0.5, 0.6) is 5.88 Å². The highest BCUT2D eigenvalue weighted by Gasteiger charge is 2.14. The molecule has 0 aliphatic rings. The van der Waals surface area contributed by atoms with Gasteiger partial charge in [-0.05, 0) is 12.1 Å². The van der Waals surface area contributed by atoms with Gasteiger partial charge in [-0.3, -0.25) is 0 Å². The Morgan fingerprint density at radius 3 is 2.84 bits per heavy atom. The third-order valence-electron chi connectivity index (χ3n) is 2.65. The normalized spacial score (nSPS) is 10.6. The molecular formula is C14H15NO4. The molecule has 1 N–H and O–H groups in total. The first-order valence-corrected chi connectivity index (χ1v) is 5.97. The zero-order valence-corrected chi connectivity index (χ0v) is 10.6. The summed E-state index contributed by atoms with van der Waals surface area (Å²) in [6.45, 7) is 0.940. The van der Waals surface area contributed by atoms with Gasteiger partial charge in [0.25, 0.3) is 0 Å². The molecule has 5 heteroatoms. The number of fused-ring (bicyclic) bond motifs is 1. The Hall–Kier alpha value is -2.14. The zero-order valence-electron chi connectivity index (χ0n) is 10.6. The maximum Gasteiger partial charge on any atom is 0.341 e. The van der Waals surface area contributed by atoms with Crippen LogP contribution < -0.4 is 4.74 Å². The number of hydrogen-bond donors (Lipinski definition) is 1. The maximum absolute atomic E-state index is 11.2. The fourth-order valence-corrected chi connectivity index (χ4v) is 1.73. The molecule has 2 rings (SSSR count). The summed E-state index contributed by atoms with van der Waals surface area (Å²) in [5, 5.41) is 9.96. The number of para-hydroxylation sites is 1. The second-order valence-corrected chi connectivity index (χ2v) is 4.03. The van der Waals surface area contributed by atoms with Crippen molar-refractivity contribution in [1.82, 2.24) is 4.98 Å². The van der Waals surface area contributed by atoms with Crippen LogP contribution in [0.3, 0.4) is 0 Å². The van der Waals surface area contributed by atoms with E-state index >= 15 is 0 Å². The standard InChI is InChI=1S/C14H15NO4/c1-18-7-4-8-19-13-11(14(16)17)9-10-5-2-3-6-12(10)15-13/h2-3,5-6,9H,4,7-8H2,1H3,(H,16,17). The molecule has 5 nitrogen and oxygen atoms in total. The van der Waals surface area contributed by atoms with E-state index in [0.717, 1.165) is 5.39 Å². The van der Waals surface area contributed by atoms with Gasteiger partial charge in [0, 0.05) is 25.5 Å². The maximum atomic E-state index is 11.2. The number of carboxylic acids is 1. The summed E-state index contributed by atoms with van der Waals surface area (Å²) in [6, 6.07) is 8.92. The summed E-state index contributed by atoms with van der Waals surface area (Å²) in [6.07, 6.45) is 0.685. The highest BCUT2D eigenvalue weighted by atomic mass is 16.5. The molecular weight excluding hydrogens is 246 g/mol. The number of methoxy groups -OCH3 is 1. The number of rotatable bonds is 6. The Balaban J connectivity index is 2.28. The predicted molar refractivity (Wildman–Crippen MR) is 70.7 cm³/mol. The van der Waals surface area contributed by atoms with E-state index in [2.05, 4.69) is 4.98 Å². The fraction of sp³-hybridized carbons (Fsp3) is 0.286. The lowest BCUT2D eigenvalue weighted by Crippen LogP contribution is -2.08. The lowest BCUT2D eigenvalue weighted by molar-refractivity contribution is 0.0691. The molecule has 0 spiro atoms. The van der Waals surface area contributed by atoms with Crippen molar-refractivity contribution in [3.63, 3.8) is 0 Å². The largest absolute Gasteiger partial charge is 0.477 e. The van der Waals surface area contributed by atoms with Crippen LogP contribution in [-0.4, -0.2) is 36.4 Å². The number of benzene rings is 1. The first kappa shape index (κ1) is 13.3. The van der Waals surface area contributed by atoms with Crippen molar-refractivity contribution in [2.75, 3.05) is 20.3 Å². The van der Waals surface area contributed by atoms with Gasteiger partial charge >= 0.3 is 5.97 Å². The summed E-state index contributed by atoms with van der Waals surface area (Å²) in [4.78, 5) is 15.5. The van der Waals surface area contributed by atoms with E-state index in [1.807, 2.05) is 24.3 Å². The van der Waals surface area contributed by atoms with Gasteiger partial charge in [0.1, 0.15) is 5.56 Å². The van der Waals surface area contributed by atoms with Gasteiger partial charge in [-0.25, -0.2) is 9.78 Å². The first-order chi connectivity index (χ1) is 9.22. The van der Waals surface area contributed by atoms with Crippen molar-refractivity contribution >= 4 is 16.9 Å². The molecule has 0 amide bonds. The molecule has 0 saturated heterocycles. The van der Waals surface area contributed by atoms with Gasteiger partial charge < -0.3 is 14.6 Å². The Bertz CT molecular complexity index is 583. The van der Waals surface area contributed by atoms with Gasteiger partial charge in [-0.2, -0.15) is 0 Å². The zero-order chi connectivity index (χ0) is 13.7. The van der Waals surface area contributed by atoms with Crippen molar-refractivity contribution in [2.24, 2.45) is 0 Å². The Kier molecular flexibility index (Phi) is 4.30. The molecule has 0 bridgehead atoms. The third-order valence-corrected chi connectivity index (χ3v) is 2.65. The van der Waals surface area contributed by atoms with E-state index in [0.29, 0.717) is 25.2 Å². The molecule has 0 radical (unpaired) electrons. The van der Waals surface area contributed by atoms with Crippen LogP contribution in [0, 0.1) is 0 Å². The lowest BCUT2D eigenvalue weighted by atomic mass is 10.1. The fourth-order valence-electron chi connectivity index (χ4n) is 1.73. The van der Waals surface area contributed by atoms with E-state index in [4.69, 9.17) is 9.47 Å². The second kappa shape index (κ2) is 6.15. The summed E-state index contributed by atoms with van der Waals surface area (Å²) in [5.74, 6) is -0.887. The molecule has 19 heavy (non-hydrogen) atoms. The predicted octanol–water partition coefficient (Wildman–Crippen LogP) is 2.35. The van der Waals surface area contributed by atoms with Gasteiger partial charge in [-0.15, -0.1) is 0 Å².